The van der Waals surface area contributed by atoms with Gasteiger partial charge in [-0.3, -0.25) is 0 Å². The molecule has 0 heterocycles. The molecule has 0 amide bonds. The van der Waals surface area contributed by atoms with Crippen molar-refractivity contribution in [3.63, 3.8) is 0 Å². The third-order valence-electron chi connectivity index (χ3n) is 1.15. The van der Waals surface area contributed by atoms with Crippen molar-refractivity contribution in [1.29, 1.82) is 0 Å². The molecule has 0 unspecified atom stereocenters. The quantitative estimate of drug-likeness (QED) is 0.546. The molecule has 0 aromatic heterocycles. The van der Waals surface area contributed by atoms with Crippen molar-refractivity contribution in [3.8, 4) is 0 Å². The molecule has 0 fully saturated rings. The Kier molecular flexibility index (Phi) is 2.37. The lowest BCUT2D eigenvalue weighted by atomic mass is 10.2. The van der Waals surface area contributed by atoms with Crippen molar-refractivity contribution >= 4 is 0 Å². The van der Waals surface area contributed by atoms with E-state index in [1.807, 2.05) is 19.1 Å². The Morgan fingerprint density at radius 3 is 3.11 bits per heavy atom. The maximum Gasteiger partial charge on any atom is 0.115 e. The molecule has 1 aliphatic rings. The minimum atomic E-state index is 0.754. The Morgan fingerprint density at radius 2 is 2.56 bits per heavy atom. The molecule has 1 radical (unpaired) electrons. The van der Waals surface area contributed by atoms with Crippen molar-refractivity contribution < 1.29 is 4.74 Å². The standard InChI is InChI=1S/C8H11O/c1-2-9-8-6-4-3-5-7-8/h4-7H,2-3H2,1H3. The lowest BCUT2D eigenvalue weighted by molar-refractivity contribution is 0.241. The van der Waals surface area contributed by atoms with Gasteiger partial charge in [-0.05, 0) is 31.9 Å². The van der Waals surface area contributed by atoms with Gasteiger partial charge in [0.1, 0.15) is 5.76 Å². The maximum absolute atomic E-state index is 5.23. The van der Waals surface area contributed by atoms with Crippen LogP contribution in [0.2, 0.25) is 0 Å². The van der Waals surface area contributed by atoms with Crippen LogP contribution in [0.4, 0.5) is 0 Å². The van der Waals surface area contributed by atoms with Gasteiger partial charge in [-0.15, -0.1) is 0 Å². The minimum Gasteiger partial charge on any atom is -0.494 e. The van der Waals surface area contributed by atoms with Crippen LogP contribution in [0.25, 0.3) is 0 Å². The Labute approximate surface area is 56.0 Å². The monoisotopic (exact) mass is 123 g/mol. The van der Waals surface area contributed by atoms with Gasteiger partial charge >= 0.3 is 0 Å². The van der Waals surface area contributed by atoms with Crippen molar-refractivity contribution in [2.45, 2.75) is 13.3 Å². The van der Waals surface area contributed by atoms with Crippen LogP contribution in [0.15, 0.2) is 24.0 Å². The maximum atomic E-state index is 5.23. The second-order valence-electron chi connectivity index (χ2n) is 1.88. The summed E-state index contributed by atoms with van der Waals surface area (Å²) in [4.78, 5) is 0. The van der Waals surface area contributed by atoms with Gasteiger partial charge in [0.25, 0.3) is 0 Å². The summed E-state index contributed by atoms with van der Waals surface area (Å²) in [5.74, 6) is 0.976. The number of ether oxygens (including phenoxy) is 1. The van der Waals surface area contributed by atoms with Gasteiger partial charge in [0.05, 0.1) is 6.61 Å². The molecule has 0 aromatic rings. The molecule has 0 spiro atoms. The fourth-order valence-electron chi connectivity index (χ4n) is 0.765. The molecule has 0 aliphatic heterocycles. The van der Waals surface area contributed by atoms with Gasteiger partial charge in [0.2, 0.25) is 0 Å². The predicted molar refractivity (Wildman–Crippen MR) is 37.8 cm³/mol. The number of allylic oxidation sites excluding steroid dienone is 3. The highest BCUT2D eigenvalue weighted by atomic mass is 16.5. The average molecular weight is 123 g/mol. The van der Waals surface area contributed by atoms with Crippen LogP contribution in [0.3, 0.4) is 0 Å². The SMILES string of the molecule is CCOC1=C[CH]CC=C1. The highest BCUT2D eigenvalue weighted by Crippen LogP contribution is 2.08. The van der Waals surface area contributed by atoms with Crippen LogP contribution in [0.1, 0.15) is 13.3 Å². The van der Waals surface area contributed by atoms with E-state index >= 15 is 0 Å². The number of rotatable bonds is 2. The van der Waals surface area contributed by atoms with Gasteiger partial charge in [-0.2, -0.15) is 0 Å². The third kappa shape index (κ3) is 1.92. The van der Waals surface area contributed by atoms with Crippen molar-refractivity contribution in [3.05, 3.63) is 30.4 Å². The highest BCUT2D eigenvalue weighted by Gasteiger charge is 1.94. The second kappa shape index (κ2) is 3.33. The molecule has 1 aliphatic carbocycles. The molecular weight excluding hydrogens is 112 g/mol. The molecule has 0 atom stereocenters. The van der Waals surface area contributed by atoms with E-state index in [1.165, 1.54) is 0 Å². The highest BCUT2D eigenvalue weighted by molar-refractivity contribution is 5.21. The first kappa shape index (κ1) is 6.40. The van der Waals surface area contributed by atoms with Gasteiger partial charge in [0, 0.05) is 0 Å². The lowest BCUT2D eigenvalue weighted by Gasteiger charge is -2.05. The summed E-state index contributed by atoms with van der Waals surface area (Å²) >= 11 is 0. The van der Waals surface area contributed by atoms with Crippen LogP contribution in [0, 0.1) is 6.42 Å². The van der Waals surface area contributed by atoms with Gasteiger partial charge in [-0.1, -0.05) is 6.08 Å². The zero-order valence-corrected chi connectivity index (χ0v) is 5.63. The first-order valence-corrected chi connectivity index (χ1v) is 3.26. The molecule has 1 rings (SSSR count). The Hall–Kier alpha value is -0.720. The summed E-state index contributed by atoms with van der Waals surface area (Å²) in [5, 5.41) is 0. The summed E-state index contributed by atoms with van der Waals surface area (Å²) in [6.45, 7) is 2.74. The number of hydrogen-bond donors (Lipinski definition) is 0. The molecule has 49 valence electrons. The van der Waals surface area contributed by atoms with Crippen LogP contribution in [-0.2, 0) is 4.74 Å². The largest absolute Gasteiger partial charge is 0.494 e. The lowest BCUT2D eigenvalue weighted by Crippen LogP contribution is -1.91. The molecule has 0 saturated heterocycles. The van der Waals surface area contributed by atoms with Crippen molar-refractivity contribution in [1.82, 2.24) is 0 Å². The van der Waals surface area contributed by atoms with Crippen molar-refractivity contribution in [2.75, 3.05) is 6.61 Å². The summed E-state index contributed by atoms with van der Waals surface area (Å²) in [6.07, 6.45) is 9.22. The molecule has 0 aromatic carbocycles. The molecule has 0 saturated carbocycles. The summed E-state index contributed by atoms with van der Waals surface area (Å²) in [7, 11) is 0. The Balaban J connectivity index is 2.38. The van der Waals surface area contributed by atoms with E-state index < -0.39 is 0 Å². The van der Waals surface area contributed by atoms with E-state index in [-0.39, 0.29) is 0 Å². The number of hydrogen-bond acceptors (Lipinski definition) is 1. The fourth-order valence-corrected chi connectivity index (χ4v) is 0.765. The van der Waals surface area contributed by atoms with Gasteiger partial charge < -0.3 is 4.74 Å². The Morgan fingerprint density at radius 1 is 1.67 bits per heavy atom. The first-order chi connectivity index (χ1) is 4.43. The van der Waals surface area contributed by atoms with Crippen LogP contribution >= 0.6 is 0 Å². The van der Waals surface area contributed by atoms with Gasteiger partial charge in [0.15, 0.2) is 0 Å². The average Bonchev–Trinajstić information content (AvgIpc) is 1.91. The van der Waals surface area contributed by atoms with Crippen molar-refractivity contribution in [2.24, 2.45) is 0 Å². The van der Waals surface area contributed by atoms with E-state index in [4.69, 9.17) is 4.74 Å². The van der Waals surface area contributed by atoms with E-state index in [0.717, 1.165) is 18.8 Å². The molecule has 0 bridgehead atoms. The molecule has 0 N–H and O–H groups in total. The Bertz CT molecular complexity index is 134. The second-order valence-corrected chi connectivity index (χ2v) is 1.88. The van der Waals surface area contributed by atoms with Gasteiger partial charge in [-0.25, -0.2) is 0 Å². The first-order valence-electron chi connectivity index (χ1n) is 3.26. The van der Waals surface area contributed by atoms with E-state index in [9.17, 15) is 0 Å². The zero-order valence-electron chi connectivity index (χ0n) is 5.63. The molecule has 1 nitrogen and oxygen atoms in total. The summed E-state index contributed by atoms with van der Waals surface area (Å²) < 4.78 is 5.23. The molecule has 1 heteroatoms. The van der Waals surface area contributed by atoms with E-state index in [2.05, 4.69) is 12.5 Å². The molecule has 9 heavy (non-hydrogen) atoms. The zero-order chi connectivity index (χ0) is 6.53. The minimum absolute atomic E-state index is 0.754. The van der Waals surface area contributed by atoms with E-state index in [0.29, 0.717) is 0 Å². The van der Waals surface area contributed by atoms with Crippen LogP contribution < -0.4 is 0 Å². The summed E-state index contributed by atoms with van der Waals surface area (Å²) in [5.41, 5.74) is 0. The van der Waals surface area contributed by atoms with Crippen LogP contribution in [0.5, 0.6) is 0 Å². The third-order valence-corrected chi connectivity index (χ3v) is 1.15. The predicted octanol–water partition coefficient (Wildman–Crippen LogP) is 2.07. The fraction of sp³-hybridized carbons (Fsp3) is 0.375. The smallest absolute Gasteiger partial charge is 0.115 e. The normalized spacial score (nSPS) is 17.2. The summed E-state index contributed by atoms with van der Waals surface area (Å²) in [6, 6.07) is 0. The van der Waals surface area contributed by atoms with E-state index in [1.54, 1.807) is 0 Å². The van der Waals surface area contributed by atoms with Crippen LogP contribution in [-0.4, -0.2) is 6.61 Å². The topological polar surface area (TPSA) is 9.23 Å². The molecular formula is C8H11O.